The van der Waals surface area contributed by atoms with Crippen molar-refractivity contribution in [3.8, 4) is 0 Å². The van der Waals surface area contributed by atoms with E-state index >= 15 is 0 Å². The molecule has 7 heteroatoms. The standard InChI is InChI=1S/C11H16N2O4S/c1-17-8-7-12-11(14)9-5-3-4-6-10(9)13-18(2,15)16/h3-6,13H,7-8H2,1-2H3,(H,12,14). The van der Waals surface area contributed by atoms with Crippen molar-refractivity contribution in [2.24, 2.45) is 0 Å². The molecule has 0 unspecified atom stereocenters. The van der Waals surface area contributed by atoms with Crippen molar-refractivity contribution in [2.45, 2.75) is 0 Å². The second-order valence-corrected chi connectivity index (χ2v) is 5.42. The maximum absolute atomic E-state index is 11.8. The lowest BCUT2D eigenvalue weighted by Gasteiger charge is -2.10. The highest BCUT2D eigenvalue weighted by Gasteiger charge is 2.12. The Labute approximate surface area is 106 Å². The first-order valence-electron chi connectivity index (χ1n) is 5.28. The number of methoxy groups -OCH3 is 1. The molecule has 0 bridgehead atoms. The molecule has 2 N–H and O–H groups in total. The lowest BCUT2D eigenvalue weighted by molar-refractivity contribution is 0.0938. The number of para-hydroxylation sites is 1. The molecular weight excluding hydrogens is 256 g/mol. The Hall–Kier alpha value is -1.60. The van der Waals surface area contributed by atoms with Crippen LogP contribution in [0.1, 0.15) is 10.4 Å². The molecule has 1 amide bonds. The molecular formula is C11H16N2O4S. The van der Waals surface area contributed by atoms with Gasteiger partial charge in [-0.05, 0) is 12.1 Å². The van der Waals surface area contributed by atoms with Crippen LogP contribution < -0.4 is 10.0 Å². The van der Waals surface area contributed by atoms with E-state index in [2.05, 4.69) is 10.0 Å². The molecule has 0 aliphatic rings. The van der Waals surface area contributed by atoms with E-state index in [1.54, 1.807) is 18.2 Å². The van der Waals surface area contributed by atoms with Gasteiger partial charge >= 0.3 is 0 Å². The molecule has 0 heterocycles. The minimum atomic E-state index is -3.41. The molecule has 1 aromatic rings. The van der Waals surface area contributed by atoms with E-state index < -0.39 is 10.0 Å². The summed E-state index contributed by atoms with van der Waals surface area (Å²) in [5.74, 6) is -0.348. The van der Waals surface area contributed by atoms with Gasteiger partial charge in [0.1, 0.15) is 0 Å². The summed E-state index contributed by atoms with van der Waals surface area (Å²) in [6.07, 6.45) is 1.03. The quantitative estimate of drug-likeness (QED) is 0.736. The van der Waals surface area contributed by atoms with Gasteiger partial charge in [0.25, 0.3) is 5.91 Å². The molecule has 0 spiro atoms. The Balaban J connectivity index is 2.84. The smallest absolute Gasteiger partial charge is 0.253 e. The largest absolute Gasteiger partial charge is 0.383 e. The molecule has 100 valence electrons. The van der Waals surface area contributed by atoms with Gasteiger partial charge in [0, 0.05) is 13.7 Å². The number of carbonyl (C=O) groups excluding carboxylic acids is 1. The van der Waals surface area contributed by atoms with Crippen LogP contribution in [0, 0.1) is 0 Å². The van der Waals surface area contributed by atoms with Crippen molar-refractivity contribution in [2.75, 3.05) is 31.2 Å². The van der Waals surface area contributed by atoms with E-state index in [9.17, 15) is 13.2 Å². The van der Waals surface area contributed by atoms with Gasteiger partial charge in [-0.1, -0.05) is 12.1 Å². The number of carbonyl (C=O) groups is 1. The van der Waals surface area contributed by atoms with Crippen LogP contribution in [0.25, 0.3) is 0 Å². The highest BCUT2D eigenvalue weighted by Crippen LogP contribution is 2.15. The number of hydrogen-bond donors (Lipinski definition) is 2. The Bertz CT molecular complexity index is 514. The number of sulfonamides is 1. The second-order valence-electron chi connectivity index (χ2n) is 3.67. The summed E-state index contributed by atoms with van der Waals surface area (Å²) in [5.41, 5.74) is 0.536. The van der Waals surface area contributed by atoms with Crippen molar-refractivity contribution < 1.29 is 17.9 Å². The minimum absolute atomic E-state index is 0.259. The molecule has 6 nitrogen and oxygen atoms in total. The number of amides is 1. The van der Waals surface area contributed by atoms with Gasteiger partial charge in [0.05, 0.1) is 24.1 Å². The minimum Gasteiger partial charge on any atom is -0.383 e. The summed E-state index contributed by atoms with van der Waals surface area (Å²) < 4.78 is 29.5. The van der Waals surface area contributed by atoms with Crippen LogP contribution in [0.3, 0.4) is 0 Å². The molecule has 0 atom stereocenters. The molecule has 0 radical (unpaired) electrons. The van der Waals surface area contributed by atoms with Gasteiger partial charge in [-0.3, -0.25) is 9.52 Å². The predicted octanol–water partition coefficient (Wildman–Crippen LogP) is 0.434. The Morgan fingerprint density at radius 3 is 2.61 bits per heavy atom. The number of nitrogens with one attached hydrogen (secondary N) is 2. The number of benzene rings is 1. The van der Waals surface area contributed by atoms with Crippen LogP contribution >= 0.6 is 0 Å². The Morgan fingerprint density at radius 2 is 2.00 bits per heavy atom. The Morgan fingerprint density at radius 1 is 1.33 bits per heavy atom. The van der Waals surface area contributed by atoms with E-state index in [4.69, 9.17) is 4.74 Å². The third-order valence-electron chi connectivity index (χ3n) is 2.06. The van der Waals surface area contributed by atoms with Crippen molar-refractivity contribution >= 4 is 21.6 Å². The van der Waals surface area contributed by atoms with Crippen LogP contribution in [0.2, 0.25) is 0 Å². The van der Waals surface area contributed by atoms with E-state index in [-0.39, 0.29) is 17.2 Å². The number of hydrogen-bond acceptors (Lipinski definition) is 4. The van der Waals surface area contributed by atoms with Crippen LogP contribution in [-0.4, -0.2) is 40.8 Å². The summed E-state index contributed by atoms with van der Waals surface area (Å²) in [6, 6.07) is 6.40. The fraction of sp³-hybridized carbons (Fsp3) is 0.364. The zero-order valence-electron chi connectivity index (χ0n) is 10.3. The lowest BCUT2D eigenvalue weighted by Crippen LogP contribution is -2.28. The van der Waals surface area contributed by atoms with Crippen LogP contribution in [0.5, 0.6) is 0 Å². The predicted molar refractivity (Wildman–Crippen MR) is 69.1 cm³/mol. The molecule has 0 saturated carbocycles. The fourth-order valence-electron chi connectivity index (χ4n) is 1.33. The first-order valence-corrected chi connectivity index (χ1v) is 7.17. The second kappa shape index (κ2) is 6.36. The SMILES string of the molecule is COCCNC(=O)c1ccccc1NS(C)(=O)=O. The zero-order chi connectivity index (χ0) is 13.6. The molecule has 18 heavy (non-hydrogen) atoms. The van der Waals surface area contributed by atoms with Crippen LogP contribution in [0.15, 0.2) is 24.3 Å². The number of rotatable bonds is 6. The van der Waals surface area contributed by atoms with Gasteiger partial charge in [0.15, 0.2) is 0 Å². The molecule has 0 fully saturated rings. The monoisotopic (exact) mass is 272 g/mol. The highest BCUT2D eigenvalue weighted by molar-refractivity contribution is 7.92. The van der Waals surface area contributed by atoms with Gasteiger partial charge in [-0.2, -0.15) is 0 Å². The van der Waals surface area contributed by atoms with Gasteiger partial charge < -0.3 is 10.1 Å². The van der Waals surface area contributed by atoms with Crippen molar-refractivity contribution in [1.29, 1.82) is 0 Å². The topological polar surface area (TPSA) is 84.5 Å². The fourth-order valence-corrected chi connectivity index (χ4v) is 1.91. The molecule has 1 aromatic carbocycles. The van der Waals surface area contributed by atoms with E-state index in [1.165, 1.54) is 13.2 Å². The summed E-state index contributed by atoms with van der Waals surface area (Å²) in [7, 11) is -1.88. The molecule has 0 aromatic heterocycles. The summed E-state index contributed by atoms with van der Waals surface area (Å²) >= 11 is 0. The summed E-state index contributed by atoms with van der Waals surface area (Å²) in [6.45, 7) is 0.760. The van der Waals surface area contributed by atoms with E-state index in [0.717, 1.165) is 6.26 Å². The first-order chi connectivity index (χ1) is 8.44. The molecule has 0 aliphatic heterocycles. The number of anilines is 1. The average Bonchev–Trinajstić information content (AvgIpc) is 2.27. The first kappa shape index (κ1) is 14.5. The normalized spacial score (nSPS) is 11.0. The number of ether oxygens (including phenoxy) is 1. The van der Waals surface area contributed by atoms with Crippen molar-refractivity contribution in [1.82, 2.24) is 5.32 Å². The summed E-state index contributed by atoms with van der Waals surface area (Å²) in [5, 5.41) is 2.63. The molecule has 0 aliphatic carbocycles. The van der Waals surface area contributed by atoms with Gasteiger partial charge in [0.2, 0.25) is 10.0 Å². The van der Waals surface area contributed by atoms with E-state index in [0.29, 0.717) is 13.2 Å². The van der Waals surface area contributed by atoms with Crippen molar-refractivity contribution in [3.05, 3.63) is 29.8 Å². The van der Waals surface area contributed by atoms with Crippen LogP contribution in [-0.2, 0) is 14.8 Å². The zero-order valence-corrected chi connectivity index (χ0v) is 11.1. The Kier molecular flexibility index (Phi) is 5.11. The maximum atomic E-state index is 11.8. The van der Waals surface area contributed by atoms with E-state index in [1.807, 2.05) is 0 Å². The van der Waals surface area contributed by atoms with Crippen LogP contribution in [0.4, 0.5) is 5.69 Å². The third-order valence-corrected chi connectivity index (χ3v) is 2.65. The lowest BCUT2D eigenvalue weighted by atomic mass is 10.2. The van der Waals surface area contributed by atoms with Crippen molar-refractivity contribution in [3.63, 3.8) is 0 Å². The summed E-state index contributed by atoms with van der Waals surface area (Å²) in [4.78, 5) is 11.8. The maximum Gasteiger partial charge on any atom is 0.253 e. The van der Waals surface area contributed by atoms with Gasteiger partial charge in [-0.25, -0.2) is 8.42 Å². The average molecular weight is 272 g/mol. The molecule has 1 rings (SSSR count). The third kappa shape index (κ3) is 4.72. The van der Waals surface area contributed by atoms with Gasteiger partial charge in [-0.15, -0.1) is 0 Å². The highest BCUT2D eigenvalue weighted by atomic mass is 32.2. The molecule has 0 saturated heterocycles.